The summed E-state index contributed by atoms with van der Waals surface area (Å²) < 4.78 is 5.34. The minimum absolute atomic E-state index is 0.621. The Bertz CT molecular complexity index is 394. The average molecular weight is 182 g/mol. The highest BCUT2D eigenvalue weighted by Gasteiger charge is 2.07. The van der Waals surface area contributed by atoms with Crippen LogP contribution in [0.15, 0.2) is 16.5 Å². The summed E-state index contributed by atoms with van der Waals surface area (Å²) in [5, 5.41) is 0.621. The van der Waals surface area contributed by atoms with Gasteiger partial charge >= 0.3 is 0 Å². The molecular weight excluding hydrogens is 174 g/mol. The van der Waals surface area contributed by atoms with Gasteiger partial charge in [-0.2, -0.15) is 0 Å². The third kappa shape index (κ3) is 0.994. The molecule has 3 heteroatoms. The van der Waals surface area contributed by atoms with Crippen molar-refractivity contribution in [3.05, 3.63) is 28.6 Å². The van der Waals surface area contributed by atoms with Crippen molar-refractivity contribution in [2.75, 3.05) is 0 Å². The summed E-state index contributed by atoms with van der Waals surface area (Å²) in [7, 11) is 0. The summed E-state index contributed by atoms with van der Waals surface area (Å²) in [6.45, 7) is 3.80. The Morgan fingerprint density at radius 2 is 2.08 bits per heavy atom. The number of aryl methyl sites for hydroxylation is 2. The molecule has 0 radical (unpaired) electrons. The number of oxazole rings is 1. The van der Waals surface area contributed by atoms with Gasteiger partial charge in [0.2, 0.25) is 0 Å². The summed E-state index contributed by atoms with van der Waals surface area (Å²) in [6, 6.07) is 3.76. The van der Waals surface area contributed by atoms with Crippen LogP contribution in [0.25, 0.3) is 11.1 Å². The van der Waals surface area contributed by atoms with E-state index in [0.717, 1.165) is 11.1 Å². The van der Waals surface area contributed by atoms with Crippen molar-refractivity contribution in [3.63, 3.8) is 0 Å². The SMILES string of the molecule is Cc1nc2c(C)ccc(Cl)c2o1. The molecule has 1 aromatic carbocycles. The summed E-state index contributed by atoms with van der Waals surface area (Å²) in [5.41, 5.74) is 2.64. The van der Waals surface area contributed by atoms with Gasteiger partial charge in [-0.1, -0.05) is 17.7 Å². The molecule has 0 atom stereocenters. The van der Waals surface area contributed by atoms with Crippen LogP contribution in [0.5, 0.6) is 0 Å². The van der Waals surface area contributed by atoms with Crippen LogP contribution in [0.3, 0.4) is 0 Å². The Morgan fingerprint density at radius 3 is 2.75 bits per heavy atom. The van der Waals surface area contributed by atoms with Crippen LogP contribution < -0.4 is 0 Å². The first-order valence-electron chi connectivity index (χ1n) is 3.71. The van der Waals surface area contributed by atoms with Gasteiger partial charge in [-0.25, -0.2) is 4.98 Å². The van der Waals surface area contributed by atoms with Gasteiger partial charge in [0, 0.05) is 6.92 Å². The number of halogens is 1. The fourth-order valence-corrected chi connectivity index (χ4v) is 1.40. The third-order valence-electron chi connectivity index (χ3n) is 1.80. The van der Waals surface area contributed by atoms with Gasteiger partial charge in [0.05, 0.1) is 5.02 Å². The van der Waals surface area contributed by atoms with Crippen LogP contribution in [0.2, 0.25) is 5.02 Å². The molecule has 0 amide bonds. The van der Waals surface area contributed by atoms with Gasteiger partial charge in [-0.3, -0.25) is 0 Å². The number of rotatable bonds is 0. The topological polar surface area (TPSA) is 26.0 Å². The minimum atomic E-state index is 0.621. The van der Waals surface area contributed by atoms with Crippen LogP contribution in [0.1, 0.15) is 11.5 Å². The first-order chi connectivity index (χ1) is 5.68. The minimum Gasteiger partial charge on any atom is -0.439 e. The molecule has 0 aliphatic carbocycles. The van der Waals surface area contributed by atoms with Gasteiger partial charge in [0.1, 0.15) is 5.52 Å². The number of nitrogens with zero attached hydrogens (tertiary/aromatic N) is 1. The molecule has 0 N–H and O–H groups in total. The van der Waals surface area contributed by atoms with Crippen LogP contribution in [-0.2, 0) is 0 Å². The molecule has 0 aliphatic rings. The second kappa shape index (κ2) is 2.49. The first kappa shape index (κ1) is 7.62. The third-order valence-corrected chi connectivity index (χ3v) is 2.10. The average Bonchev–Trinajstić information content (AvgIpc) is 2.41. The molecule has 0 saturated carbocycles. The first-order valence-corrected chi connectivity index (χ1v) is 4.08. The zero-order valence-electron chi connectivity index (χ0n) is 6.89. The maximum absolute atomic E-state index is 5.91. The van der Waals surface area contributed by atoms with Gasteiger partial charge in [0.25, 0.3) is 0 Å². The summed E-state index contributed by atoms with van der Waals surface area (Å²) in [5.74, 6) is 0.654. The van der Waals surface area contributed by atoms with E-state index in [4.69, 9.17) is 16.0 Å². The van der Waals surface area contributed by atoms with E-state index >= 15 is 0 Å². The molecule has 1 aromatic heterocycles. The lowest BCUT2D eigenvalue weighted by molar-refractivity contribution is 0.561. The molecule has 0 aliphatic heterocycles. The molecule has 0 saturated heterocycles. The fourth-order valence-electron chi connectivity index (χ4n) is 1.21. The number of hydrogen-bond donors (Lipinski definition) is 0. The Labute approximate surface area is 75.2 Å². The second-order valence-electron chi connectivity index (χ2n) is 2.77. The van der Waals surface area contributed by atoms with Crippen molar-refractivity contribution in [3.8, 4) is 0 Å². The Hall–Kier alpha value is -1.02. The Morgan fingerprint density at radius 1 is 1.33 bits per heavy atom. The Balaban J connectivity index is 2.93. The van der Waals surface area contributed by atoms with Crippen LogP contribution in [0.4, 0.5) is 0 Å². The molecule has 0 spiro atoms. The molecular formula is C9H8ClNO. The number of fused-ring (bicyclic) bond motifs is 1. The predicted octanol–water partition coefficient (Wildman–Crippen LogP) is 3.10. The van der Waals surface area contributed by atoms with E-state index in [-0.39, 0.29) is 0 Å². The molecule has 1 heterocycles. The smallest absolute Gasteiger partial charge is 0.192 e. The lowest BCUT2D eigenvalue weighted by Gasteiger charge is -1.93. The van der Waals surface area contributed by atoms with E-state index in [1.807, 2.05) is 26.0 Å². The van der Waals surface area contributed by atoms with Crippen molar-refractivity contribution < 1.29 is 4.42 Å². The van der Waals surface area contributed by atoms with Gasteiger partial charge < -0.3 is 4.42 Å². The van der Waals surface area contributed by atoms with E-state index in [1.165, 1.54) is 0 Å². The van der Waals surface area contributed by atoms with E-state index in [0.29, 0.717) is 16.5 Å². The van der Waals surface area contributed by atoms with E-state index in [1.54, 1.807) is 0 Å². The second-order valence-corrected chi connectivity index (χ2v) is 3.18. The predicted molar refractivity (Wildman–Crippen MR) is 48.5 cm³/mol. The monoisotopic (exact) mass is 181 g/mol. The maximum atomic E-state index is 5.91. The molecule has 2 aromatic rings. The number of aromatic nitrogens is 1. The van der Waals surface area contributed by atoms with Crippen LogP contribution >= 0.6 is 11.6 Å². The summed E-state index contributed by atoms with van der Waals surface area (Å²) in [4.78, 5) is 4.22. The fraction of sp³-hybridized carbons (Fsp3) is 0.222. The quantitative estimate of drug-likeness (QED) is 0.624. The highest BCUT2D eigenvalue weighted by molar-refractivity contribution is 6.34. The highest BCUT2D eigenvalue weighted by atomic mass is 35.5. The molecule has 0 bridgehead atoms. The number of benzene rings is 1. The standard InChI is InChI=1S/C9H8ClNO/c1-5-3-4-7(10)9-8(5)11-6(2)12-9/h3-4H,1-2H3. The Kier molecular flexibility index (Phi) is 1.58. The zero-order chi connectivity index (χ0) is 8.72. The van der Waals surface area contributed by atoms with E-state index in [2.05, 4.69) is 4.98 Å². The van der Waals surface area contributed by atoms with E-state index < -0.39 is 0 Å². The molecule has 0 fully saturated rings. The van der Waals surface area contributed by atoms with E-state index in [9.17, 15) is 0 Å². The molecule has 2 rings (SSSR count). The zero-order valence-corrected chi connectivity index (χ0v) is 7.64. The van der Waals surface area contributed by atoms with Crippen molar-refractivity contribution in [1.29, 1.82) is 0 Å². The lowest BCUT2D eigenvalue weighted by Crippen LogP contribution is -1.76. The number of hydrogen-bond acceptors (Lipinski definition) is 2. The van der Waals surface area contributed by atoms with Crippen LogP contribution in [-0.4, -0.2) is 4.98 Å². The lowest BCUT2D eigenvalue weighted by atomic mass is 10.2. The summed E-state index contributed by atoms with van der Waals surface area (Å²) >= 11 is 5.91. The molecule has 12 heavy (non-hydrogen) atoms. The van der Waals surface area contributed by atoms with Gasteiger partial charge in [-0.15, -0.1) is 0 Å². The van der Waals surface area contributed by atoms with Gasteiger partial charge in [0.15, 0.2) is 11.5 Å². The normalized spacial score (nSPS) is 10.9. The maximum Gasteiger partial charge on any atom is 0.192 e. The molecule has 62 valence electrons. The summed E-state index contributed by atoms with van der Waals surface area (Å²) in [6.07, 6.45) is 0. The largest absolute Gasteiger partial charge is 0.439 e. The van der Waals surface area contributed by atoms with Crippen molar-refractivity contribution >= 4 is 22.7 Å². The molecule has 2 nitrogen and oxygen atoms in total. The highest BCUT2D eigenvalue weighted by Crippen LogP contribution is 2.26. The van der Waals surface area contributed by atoms with Crippen molar-refractivity contribution in [2.45, 2.75) is 13.8 Å². The van der Waals surface area contributed by atoms with Crippen molar-refractivity contribution in [1.82, 2.24) is 4.98 Å². The van der Waals surface area contributed by atoms with Gasteiger partial charge in [-0.05, 0) is 18.6 Å². The van der Waals surface area contributed by atoms with Crippen molar-refractivity contribution in [2.24, 2.45) is 0 Å². The molecule has 0 unspecified atom stereocenters. The van der Waals surface area contributed by atoms with Crippen LogP contribution in [0, 0.1) is 13.8 Å².